The predicted octanol–water partition coefficient (Wildman–Crippen LogP) is 0.301. The Morgan fingerprint density at radius 3 is 1.50 bits per heavy atom. The van der Waals surface area contributed by atoms with E-state index < -0.39 is 15.3 Å². The van der Waals surface area contributed by atoms with Gasteiger partial charge in [0.05, 0.1) is 5.25 Å². The van der Waals surface area contributed by atoms with Crippen LogP contribution >= 0.6 is 24.0 Å². The summed E-state index contributed by atoms with van der Waals surface area (Å²) in [5, 5.41) is 4.20. The highest BCUT2D eigenvalue weighted by Crippen LogP contribution is 1.88. The molecule has 0 aromatic heterocycles. The van der Waals surface area contributed by atoms with Gasteiger partial charge in [-0.15, -0.1) is 24.0 Å². The molecule has 52 valence electrons. The van der Waals surface area contributed by atoms with Gasteiger partial charge < -0.3 is 0 Å². The first-order chi connectivity index (χ1) is 2.94. The van der Waals surface area contributed by atoms with E-state index in [0.717, 1.165) is 0 Å². The third-order valence-electron chi connectivity index (χ3n) is 0.657. The van der Waals surface area contributed by atoms with Gasteiger partial charge in [0.2, 0.25) is 10.0 Å². The Hall–Kier alpha value is 0.640. The summed E-state index contributed by atoms with van der Waals surface area (Å²) < 4.78 is 20.2. The van der Waals surface area contributed by atoms with Crippen molar-refractivity contribution in [3.05, 3.63) is 0 Å². The molecule has 0 saturated carbocycles. The lowest BCUT2D eigenvalue weighted by atomic mass is 10.6. The van der Waals surface area contributed by atoms with Crippen molar-refractivity contribution in [3.8, 4) is 0 Å². The topological polar surface area (TPSA) is 60.2 Å². The standard InChI is InChI=1S/C3H9NO2S.HI/c1-3(2)7(4,5)6;/h3H,1-2H3,(H2,4,5,6);1H. The van der Waals surface area contributed by atoms with Crippen LogP contribution in [0.2, 0.25) is 0 Å². The van der Waals surface area contributed by atoms with Gasteiger partial charge in [0.15, 0.2) is 0 Å². The fraction of sp³-hybridized carbons (Fsp3) is 1.00. The summed E-state index contributed by atoms with van der Waals surface area (Å²) >= 11 is 0. The summed E-state index contributed by atoms with van der Waals surface area (Å²) in [6, 6.07) is 0. The third kappa shape index (κ3) is 4.79. The Morgan fingerprint density at radius 1 is 1.38 bits per heavy atom. The molecule has 3 nitrogen and oxygen atoms in total. The minimum Gasteiger partial charge on any atom is -0.229 e. The van der Waals surface area contributed by atoms with E-state index in [-0.39, 0.29) is 24.0 Å². The van der Waals surface area contributed by atoms with Crippen LogP contribution in [0.1, 0.15) is 13.8 Å². The molecule has 0 bridgehead atoms. The highest BCUT2D eigenvalue weighted by atomic mass is 127. The van der Waals surface area contributed by atoms with Gasteiger partial charge in [-0.2, -0.15) is 0 Å². The van der Waals surface area contributed by atoms with E-state index in [1.54, 1.807) is 0 Å². The molecule has 0 aliphatic carbocycles. The van der Waals surface area contributed by atoms with E-state index in [1.165, 1.54) is 13.8 Å². The SMILES string of the molecule is CC(C)S(N)(=O)=O.I. The Balaban J connectivity index is 0. The van der Waals surface area contributed by atoms with Crippen molar-refractivity contribution in [3.63, 3.8) is 0 Å². The summed E-state index contributed by atoms with van der Waals surface area (Å²) in [7, 11) is -3.24. The lowest BCUT2D eigenvalue weighted by molar-refractivity contribution is 0.589. The molecule has 0 aliphatic heterocycles. The average Bonchev–Trinajstić information content (AvgIpc) is 1.31. The molecule has 0 aromatic rings. The van der Waals surface area contributed by atoms with Crippen molar-refractivity contribution in [2.45, 2.75) is 19.1 Å². The molecular formula is C3H10INO2S. The summed E-state index contributed by atoms with van der Waals surface area (Å²) in [5.74, 6) is 0. The van der Waals surface area contributed by atoms with E-state index in [0.29, 0.717) is 0 Å². The van der Waals surface area contributed by atoms with Crippen LogP contribution in [0.4, 0.5) is 0 Å². The molecule has 8 heavy (non-hydrogen) atoms. The predicted molar refractivity (Wildman–Crippen MR) is 43.7 cm³/mol. The molecule has 0 aromatic carbocycles. The normalized spacial score (nSPS) is 11.0. The van der Waals surface area contributed by atoms with Gasteiger partial charge in [0.1, 0.15) is 0 Å². The van der Waals surface area contributed by atoms with E-state index in [2.05, 4.69) is 5.14 Å². The molecule has 0 fully saturated rings. The fourth-order valence-corrected chi connectivity index (χ4v) is 0. The van der Waals surface area contributed by atoms with Crippen LogP contribution in [-0.4, -0.2) is 13.7 Å². The summed E-state index contributed by atoms with van der Waals surface area (Å²) in [4.78, 5) is 0. The van der Waals surface area contributed by atoms with Gasteiger partial charge in [0, 0.05) is 0 Å². The Labute approximate surface area is 66.7 Å². The average molecular weight is 251 g/mol. The van der Waals surface area contributed by atoms with Crippen molar-refractivity contribution in [1.29, 1.82) is 0 Å². The fourth-order valence-electron chi connectivity index (χ4n) is 0. The van der Waals surface area contributed by atoms with Crippen molar-refractivity contribution in [2.24, 2.45) is 5.14 Å². The number of sulfonamides is 1. The van der Waals surface area contributed by atoms with E-state index in [4.69, 9.17) is 0 Å². The van der Waals surface area contributed by atoms with Crippen LogP contribution in [-0.2, 0) is 10.0 Å². The number of halogens is 1. The van der Waals surface area contributed by atoms with E-state index in [1.807, 2.05) is 0 Å². The quantitative estimate of drug-likeness (QED) is 0.681. The highest BCUT2D eigenvalue weighted by molar-refractivity contribution is 14.0. The number of rotatable bonds is 1. The number of primary sulfonamides is 1. The number of hydrogen-bond acceptors (Lipinski definition) is 2. The third-order valence-corrected chi connectivity index (χ3v) is 1.97. The maximum Gasteiger partial charge on any atom is 0.211 e. The van der Waals surface area contributed by atoms with Crippen LogP contribution in [0.25, 0.3) is 0 Å². The van der Waals surface area contributed by atoms with Crippen molar-refractivity contribution in [2.75, 3.05) is 0 Å². The molecule has 0 heterocycles. The second-order valence-corrected chi connectivity index (χ2v) is 3.76. The van der Waals surface area contributed by atoms with Crippen molar-refractivity contribution in [1.82, 2.24) is 0 Å². The molecule has 5 heteroatoms. The Morgan fingerprint density at radius 2 is 1.50 bits per heavy atom. The summed E-state index contributed by atoms with van der Waals surface area (Å²) in [6.45, 7) is 3.07. The summed E-state index contributed by atoms with van der Waals surface area (Å²) in [6.07, 6.45) is 0. The molecule has 0 spiro atoms. The van der Waals surface area contributed by atoms with Gasteiger partial charge >= 0.3 is 0 Å². The van der Waals surface area contributed by atoms with E-state index in [9.17, 15) is 8.42 Å². The molecule has 0 saturated heterocycles. The van der Waals surface area contributed by atoms with Crippen molar-refractivity contribution < 1.29 is 8.42 Å². The molecular weight excluding hydrogens is 241 g/mol. The molecule has 0 rings (SSSR count). The second kappa shape index (κ2) is 3.62. The Kier molecular flexibility index (Phi) is 5.18. The van der Waals surface area contributed by atoms with Crippen LogP contribution in [0, 0.1) is 0 Å². The number of hydrogen-bond donors (Lipinski definition) is 1. The second-order valence-electron chi connectivity index (χ2n) is 1.64. The first kappa shape index (κ1) is 11.4. The van der Waals surface area contributed by atoms with Crippen molar-refractivity contribution >= 4 is 34.0 Å². The van der Waals surface area contributed by atoms with Crippen LogP contribution in [0.3, 0.4) is 0 Å². The van der Waals surface area contributed by atoms with Gasteiger partial charge in [-0.1, -0.05) is 0 Å². The molecule has 0 radical (unpaired) electrons. The molecule has 0 atom stereocenters. The maximum absolute atomic E-state index is 10.1. The Bertz CT molecular complexity index is 139. The minimum absolute atomic E-state index is 0. The van der Waals surface area contributed by atoms with Crippen LogP contribution < -0.4 is 5.14 Å². The summed E-state index contributed by atoms with van der Waals surface area (Å²) in [5.41, 5.74) is 0. The molecule has 0 unspecified atom stereocenters. The van der Waals surface area contributed by atoms with Gasteiger partial charge in [-0.25, -0.2) is 13.6 Å². The van der Waals surface area contributed by atoms with Gasteiger partial charge in [0.25, 0.3) is 0 Å². The monoisotopic (exact) mass is 251 g/mol. The number of nitrogens with two attached hydrogens (primary N) is 1. The van der Waals surface area contributed by atoms with Gasteiger partial charge in [-0.3, -0.25) is 0 Å². The molecule has 2 N–H and O–H groups in total. The zero-order chi connectivity index (χ0) is 6.08. The van der Waals surface area contributed by atoms with E-state index >= 15 is 0 Å². The zero-order valence-corrected chi connectivity index (χ0v) is 7.93. The molecule has 0 amide bonds. The first-order valence-corrected chi connectivity index (χ1v) is 3.57. The highest BCUT2D eigenvalue weighted by Gasteiger charge is 2.06. The van der Waals surface area contributed by atoms with Gasteiger partial charge in [-0.05, 0) is 13.8 Å². The largest absolute Gasteiger partial charge is 0.229 e. The zero-order valence-electron chi connectivity index (χ0n) is 4.79. The smallest absolute Gasteiger partial charge is 0.211 e. The van der Waals surface area contributed by atoms with Crippen LogP contribution in [0.15, 0.2) is 0 Å². The van der Waals surface area contributed by atoms with Crippen LogP contribution in [0.5, 0.6) is 0 Å². The maximum atomic E-state index is 10.1. The first-order valence-electron chi connectivity index (χ1n) is 1.96. The lowest BCUT2D eigenvalue weighted by Gasteiger charge is -1.96. The lowest BCUT2D eigenvalue weighted by Crippen LogP contribution is -2.22. The molecule has 0 aliphatic rings. The minimum atomic E-state index is -3.24.